The molecule has 0 spiro atoms. The van der Waals surface area contributed by atoms with E-state index in [9.17, 15) is 0 Å². The fourth-order valence-corrected chi connectivity index (χ4v) is 3.83. The summed E-state index contributed by atoms with van der Waals surface area (Å²) in [5.41, 5.74) is 2.03. The molecule has 20 heavy (non-hydrogen) atoms. The van der Waals surface area contributed by atoms with E-state index in [1.165, 1.54) is 15.5 Å². The average molecular weight is 296 g/mol. The first-order chi connectivity index (χ1) is 9.83. The third-order valence-corrected chi connectivity index (χ3v) is 4.85. The molecule has 0 N–H and O–H groups in total. The van der Waals surface area contributed by atoms with Crippen molar-refractivity contribution in [3.05, 3.63) is 65.7 Å². The summed E-state index contributed by atoms with van der Waals surface area (Å²) < 4.78 is 1.22. The lowest BCUT2D eigenvalue weighted by Gasteiger charge is -1.97. The van der Waals surface area contributed by atoms with Crippen LogP contribution in [0.4, 0.5) is 0 Å². The number of fused-ring (bicyclic) bond motifs is 3. The lowest BCUT2D eigenvalue weighted by Crippen LogP contribution is -1.76. The van der Waals surface area contributed by atoms with E-state index >= 15 is 0 Å². The molecule has 96 valence electrons. The molecule has 3 aromatic carbocycles. The van der Waals surface area contributed by atoms with Crippen LogP contribution in [-0.2, 0) is 0 Å². The van der Waals surface area contributed by atoms with Crippen molar-refractivity contribution in [3.63, 3.8) is 0 Å². The van der Waals surface area contributed by atoms with E-state index in [1.807, 2.05) is 24.3 Å². The first-order valence-electron chi connectivity index (χ1n) is 6.36. The third-order valence-electron chi connectivity index (χ3n) is 3.38. The van der Waals surface area contributed by atoms with Crippen molar-refractivity contribution in [3.8, 4) is 10.6 Å². The van der Waals surface area contributed by atoms with Gasteiger partial charge in [-0.05, 0) is 17.5 Å². The van der Waals surface area contributed by atoms with Crippen molar-refractivity contribution in [2.75, 3.05) is 0 Å². The molecule has 1 heterocycles. The van der Waals surface area contributed by atoms with Crippen molar-refractivity contribution < 1.29 is 0 Å². The quantitative estimate of drug-likeness (QED) is 0.434. The average Bonchev–Trinajstić information content (AvgIpc) is 2.92. The molecule has 0 amide bonds. The van der Waals surface area contributed by atoms with Crippen LogP contribution in [0.3, 0.4) is 0 Å². The van der Waals surface area contributed by atoms with Gasteiger partial charge in [0.25, 0.3) is 0 Å². The second-order valence-corrected chi connectivity index (χ2v) is 6.04. The topological polar surface area (TPSA) is 12.9 Å². The molecule has 0 aliphatic carbocycles. The molecule has 0 bridgehead atoms. The highest BCUT2D eigenvalue weighted by molar-refractivity contribution is 7.22. The van der Waals surface area contributed by atoms with Gasteiger partial charge in [0.2, 0.25) is 0 Å². The molecule has 0 saturated heterocycles. The maximum absolute atomic E-state index is 6.27. The molecule has 0 unspecified atom stereocenters. The number of aromatic nitrogens is 1. The Morgan fingerprint density at radius 2 is 1.65 bits per heavy atom. The minimum absolute atomic E-state index is 0.746. The first-order valence-corrected chi connectivity index (χ1v) is 7.55. The van der Waals surface area contributed by atoms with Gasteiger partial charge in [0.1, 0.15) is 5.01 Å². The zero-order valence-corrected chi connectivity index (χ0v) is 12.1. The molecule has 0 fully saturated rings. The minimum Gasteiger partial charge on any atom is -0.236 e. The molecule has 0 radical (unpaired) electrons. The summed E-state index contributed by atoms with van der Waals surface area (Å²) in [6.07, 6.45) is 0. The Labute approximate surface area is 125 Å². The largest absolute Gasteiger partial charge is 0.236 e. The van der Waals surface area contributed by atoms with Gasteiger partial charge in [-0.2, -0.15) is 0 Å². The molecule has 0 aliphatic rings. The van der Waals surface area contributed by atoms with E-state index in [2.05, 4.69) is 36.4 Å². The summed E-state index contributed by atoms with van der Waals surface area (Å²) >= 11 is 7.97. The van der Waals surface area contributed by atoms with Gasteiger partial charge in [0.05, 0.1) is 15.2 Å². The van der Waals surface area contributed by atoms with Crippen LogP contribution in [0.15, 0.2) is 60.7 Å². The van der Waals surface area contributed by atoms with E-state index in [1.54, 1.807) is 11.3 Å². The van der Waals surface area contributed by atoms with Crippen molar-refractivity contribution in [1.29, 1.82) is 0 Å². The maximum Gasteiger partial charge on any atom is 0.126 e. The maximum atomic E-state index is 6.27. The SMILES string of the molecule is Clc1ccccc1-c1nc2ccc3ccccc3c2s1. The lowest BCUT2D eigenvalue weighted by atomic mass is 10.1. The molecule has 0 aliphatic heterocycles. The van der Waals surface area contributed by atoms with E-state index < -0.39 is 0 Å². The van der Waals surface area contributed by atoms with Crippen molar-refractivity contribution in [1.82, 2.24) is 4.98 Å². The molecule has 4 rings (SSSR count). The predicted molar refractivity (Wildman–Crippen MR) is 87.6 cm³/mol. The van der Waals surface area contributed by atoms with Crippen LogP contribution in [0, 0.1) is 0 Å². The Bertz CT molecular complexity index is 926. The Balaban J connectivity index is 2.04. The van der Waals surface area contributed by atoms with Crippen LogP contribution in [0.25, 0.3) is 31.6 Å². The van der Waals surface area contributed by atoms with Gasteiger partial charge < -0.3 is 0 Å². The van der Waals surface area contributed by atoms with E-state index in [4.69, 9.17) is 16.6 Å². The molecule has 1 nitrogen and oxygen atoms in total. The summed E-state index contributed by atoms with van der Waals surface area (Å²) in [4.78, 5) is 4.73. The van der Waals surface area contributed by atoms with E-state index in [-0.39, 0.29) is 0 Å². The van der Waals surface area contributed by atoms with Crippen LogP contribution in [0.1, 0.15) is 0 Å². The normalized spacial score (nSPS) is 11.2. The van der Waals surface area contributed by atoms with E-state index in [0.29, 0.717) is 0 Å². The first kappa shape index (κ1) is 11.9. The second-order valence-electron chi connectivity index (χ2n) is 4.63. The number of hydrogen-bond acceptors (Lipinski definition) is 2. The monoisotopic (exact) mass is 295 g/mol. The highest BCUT2D eigenvalue weighted by atomic mass is 35.5. The molecule has 1 aromatic heterocycles. The highest BCUT2D eigenvalue weighted by Crippen LogP contribution is 2.37. The van der Waals surface area contributed by atoms with Gasteiger partial charge in [0.15, 0.2) is 0 Å². The van der Waals surface area contributed by atoms with Crippen LogP contribution in [0.2, 0.25) is 5.02 Å². The molecular formula is C17H10ClNS. The van der Waals surface area contributed by atoms with Crippen molar-refractivity contribution in [2.45, 2.75) is 0 Å². The summed E-state index contributed by atoms with van der Waals surface area (Å²) in [6.45, 7) is 0. The van der Waals surface area contributed by atoms with Crippen LogP contribution < -0.4 is 0 Å². The number of rotatable bonds is 1. The zero-order chi connectivity index (χ0) is 13.5. The number of halogens is 1. The Morgan fingerprint density at radius 3 is 2.55 bits per heavy atom. The number of nitrogens with zero attached hydrogens (tertiary/aromatic N) is 1. The summed E-state index contributed by atoms with van der Waals surface area (Å²) in [7, 11) is 0. The third kappa shape index (κ3) is 1.80. The number of benzene rings is 3. The van der Waals surface area contributed by atoms with Gasteiger partial charge in [-0.25, -0.2) is 4.98 Å². The van der Waals surface area contributed by atoms with Crippen molar-refractivity contribution in [2.24, 2.45) is 0 Å². The standard InChI is InChI=1S/C17H10ClNS/c18-14-8-4-3-7-13(14)17-19-15-10-9-11-5-1-2-6-12(11)16(15)20-17/h1-10H. The summed E-state index contributed by atoms with van der Waals surface area (Å²) in [5.74, 6) is 0. The van der Waals surface area contributed by atoms with Crippen molar-refractivity contribution >= 4 is 43.9 Å². The van der Waals surface area contributed by atoms with Gasteiger partial charge in [-0.15, -0.1) is 11.3 Å². The van der Waals surface area contributed by atoms with Gasteiger partial charge >= 0.3 is 0 Å². The number of hydrogen-bond donors (Lipinski definition) is 0. The van der Waals surface area contributed by atoms with Gasteiger partial charge in [-0.1, -0.05) is 60.1 Å². The Morgan fingerprint density at radius 1 is 0.850 bits per heavy atom. The Hall–Kier alpha value is -1.90. The minimum atomic E-state index is 0.746. The summed E-state index contributed by atoms with van der Waals surface area (Å²) in [6, 6.07) is 20.4. The summed E-state index contributed by atoms with van der Waals surface area (Å²) in [5, 5.41) is 4.22. The lowest BCUT2D eigenvalue weighted by molar-refractivity contribution is 1.48. The van der Waals surface area contributed by atoms with Crippen LogP contribution in [0.5, 0.6) is 0 Å². The zero-order valence-electron chi connectivity index (χ0n) is 10.5. The predicted octanol–water partition coefficient (Wildman–Crippen LogP) is 5.77. The van der Waals surface area contributed by atoms with Crippen LogP contribution in [-0.4, -0.2) is 4.98 Å². The Kier molecular flexibility index (Phi) is 2.72. The second kappa shape index (κ2) is 4.58. The smallest absolute Gasteiger partial charge is 0.126 e. The number of thiazole rings is 1. The fourth-order valence-electron chi connectivity index (χ4n) is 2.41. The highest BCUT2D eigenvalue weighted by Gasteiger charge is 2.11. The molecule has 3 heteroatoms. The molecule has 4 aromatic rings. The molecule has 0 saturated carbocycles. The molecular weight excluding hydrogens is 286 g/mol. The van der Waals surface area contributed by atoms with Gasteiger partial charge in [-0.3, -0.25) is 0 Å². The fraction of sp³-hybridized carbons (Fsp3) is 0. The van der Waals surface area contributed by atoms with Gasteiger partial charge in [0, 0.05) is 10.9 Å². The molecule has 0 atom stereocenters. The van der Waals surface area contributed by atoms with Crippen LogP contribution >= 0.6 is 22.9 Å². The van der Waals surface area contributed by atoms with E-state index in [0.717, 1.165) is 21.1 Å².